The summed E-state index contributed by atoms with van der Waals surface area (Å²) in [6, 6.07) is 14.5. The number of amides is 2. The van der Waals surface area contributed by atoms with Crippen molar-refractivity contribution in [3.63, 3.8) is 0 Å². The molecule has 0 spiro atoms. The molecule has 28 heavy (non-hydrogen) atoms. The smallest absolute Gasteiger partial charge is 0.253 e. The third-order valence-electron chi connectivity index (χ3n) is 4.62. The van der Waals surface area contributed by atoms with Gasteiger partial charge in [-0.1, -0.05) is 43.6 Å². The van der Waals surface area contributed by atoms with E-state index >= 15 is 0 Å². The Bertz CT molecular complexity index is 1020. The molecule has 3 rings (SSSR count). The van der Waals surface area contributed by atoms with Crippen LogP contribution in [0.15, 0.2) is 54.7 Å². The Hall–Kier alpha value is -2.92. The van der Waals surface area contributed by atoms with E-state index in [-0.39, 0.29) is 17.7 Å². The van der Waals surface area contributed by atoms with Crippen molar-refractivity contribution >= 4 is 40.0 Å². The normalized spacial score (nSPS) is 11.8. The molecular formula is C22H22ClN3O2. The van der Waals surface area contributed by atoms with Crippen LogP contribution in [-0.2, 0) is 11.3 Å². The zero-order valence-electron chi connectivity index (χ0n) is 15.8. The van der Waals surface area contributed by atoms with Crippen LogP contribution in [0.1, 0.15) is 36.2 Å². The number of nitrogens with one attached hydrogen (secondary N) is 2. The Labute approximate surface area is 169 Å². The van der Waals surface area contributed by atoms with E-state index in [0.717, 1.165) is 17.4 Å². The minimum atomic E-state index is -0.250. The maximum absolute atomic E-state index is 12.7. The average Bonchev–Trinajstić information content (AvgIpc) is 2.70. The number of hydrogen-bond donors (Lipinski definition) is 2. The molecule has 1 aromatic heterocycles. The first-order chi connectivity index (χ1) is 13.5. The number of nitrogens with zero attached hydrogens (tertiary/aromatic N) is 1. The summed E-state index contributed by atoms with van der Waals surface area (Å²) in [6.07, 6.45) is 2.43. The first-order valence-corrected chi connectivity index (χ1v) is 9.58. The van der Waals surface area contributed by atoms with E-state index in [9.17, 15) is 9.59 Å². The Balaban J connectivity index is 1.72. The standard InChI is InChI=1S/C22H22ClN3O2/c1-3-14(2)21(27)26-18-8-4-6-15(10-18)13-25-22(28)19-12-17(23)11-16-7-5-9-24-20(16)19/h4-12,14H,3,13H2,1-2H3,(H,25,28)(H,26,27). The van der Waals surface area contributed by atoms with E-state index in [1.54, 1.807) is 24.4 Å². The monoisotopic (exact) mass is 395 g/mol. The van der Waals surface area contributed by atoms with Gasteiger partial charge in [0.25, 0.3) is 5.91 Å². The van der Waals surface area contributed by atoms with Gasteiger partial charge < -0.3 is 10.6 Å². The molecule has 6 heteroatoms. The Kier molecular flexibility index (Phi) is 6.26. The van der Waals surface area contributed by atoms with Crippen molar-refractivity contribution in [1.29, 1.82) is 0 Å². The molecule has 1 heterocycles. The number of benzene rings is 2. The fourth-order valence-electron chi connectivity index (χ4n) is 2.82. The molecule has 0 aliphatic rings. The van der Waals surface area contributed by atoms with Crippen LogP contribution in [0.4, 0.5) is 5.69 Å². The summed E-state index contributed by atoms with van der Waals surface area (Å²) < 4.78 is 0. The van der Waals surface area contributed by atoms with Crippen molar-refractivity contribution in [1.82, 2.24) is 10.3 Å². The number of anilines is 1. The SMILES string of the molecule is CCC(C)C(=O)Nc1cccc(CNC(=O)c2cc(Cl)cc3cccnc23)c1. The van der Waals surface area contributed by atoms with Crippen LogP contribution in [0, 0.1) is 5.92 Å². The van der Waals surface area contributed by atoms with Gasteiger partial charge in [-0.25, -0.2) is 0 Å². The molecule has 2 N–H and O–H groups in total. The topological polar surface area (TPSA) is 71.1 Å². The summed E-state index contributed by atoms with van der Waals surface area (Å²) in [5, 5.41) is 7.10. The van der Waals surface area contributed by atoms with Gasteiger partial charge in [0.1, 0.15) is 0 Å². The molecule has 1 atom stereocenters. The molecule has 3 aromatic rings. The van der Waals surface area contributed by atoms with Crippen LogP contribution < -0.4 is 10.6 Å². The summed E-state index contributed by atoms with van der Waals surface area (Å²) in [7, 11) is 0. The maximum atomic E-state index is 12.7. The van der Waals surface area contributed by atoms with Gasteiger partial charge in [-0.05, 0) is 42.3 Å². The van der Waals surface area contributed by atoms with Crippen LogP contribution in [-0.4, -0.2) is 16.8 Å². The minimum absolute atomic E-state index is 0.0137. The number of carbonyl (C=O) groups is 2. The fraction of sp³-hybridized carbons (Fsp3) is 0.227. The van der Waals surface area contributed by atoms with Crippen LogP contribution in [0.2, 0.25) is 5.02 Å². The summed E-state index contributed by atoms with van der Waals surface area (Å²) >= 11 is 6.14. The third kappa shape index (κ3) is 4.67. The number of aromatic nitrogens is 1. The summed E-state index contributed by atoms with van der Waals surface area (Å²) in [6.45, 7) is 4.19. The predicted octanol–water partition coefficient (Wildman–Crippen LogP) is 4.80. The molecule has 0 fully saturated rings. The van der Waals surface area contributed by atoms with Gasteiger partial charge in [0.05, 0.1) is 11.1 Å². The van der Waals surface area contributed by atoms with Crippen LogP contribution in [0.3, 0.4) is 0 Å². The molecule has 0 aliphatic heterocycles. The lowest BCUT2D eigenvalue weighted by Crippen LogP contribution is -2.23. The van der Waals surface area contributed by atoms with Crippen molar-refractivity contribution in [3.05, 3.63) is 70.9 Å². The van der Waals surface area contributed by atoms with Gasteiger partial charge in [0.15, 0.2) is 0 Å². The highest BCUT2D eigenvalue weighted by Gasteiger charge is 2.13. The quantitative estimate of drug-likeness (QED) is 0.629. The highest BCUT2D eigenvalue weighted by atomic mass is 35.5. The lowest BCUT2D eigenvalue weighted by atomic mass is 10.1. The molecule has 2 aromatic carbocycles. The van der Waals surface area contributed by atoms with E-state index in [1.165, 1.54) is 0 Å². The first kappa shape index (κ1) is 19.8. The molecule has 0 aliphatic carbocycles. The minimum Gasteiger partial charge on any atom is -0.348 e. The highest BCUT2D eigenvalue weighted by molar-refractivity contribution is 6.32. The van der Waals surface area contributed by atoms with Crippen molar-refractivity contribution in [3.8, 4) is 0 Å². The molecule has 2 amide bonds. The molecule has 0 saturated carbocycles. The molecule has 1 unspecified atom stereocenters. The van der Waals surface area contributed by atoms with E-state index in [2.05, 4.69) is 15.6 Å². The largest absolute Gasteiger partial charge is 0.348 e. The first-order valence-electron chi connectivity index (χ1n) is 9.20. The van der Waals surface area contributed by atoms with Gasteiger partial charge in [0.2, 0.25) is 5.91 Å². The number of carbonyl (C=O) groups excluding carboxylic acids is 2. The van der Waals surface area contributed by atoms with Crippen molar-refractivity contribution in [2.75, 3.05) is 5.32 Å². The number of hydrogen-bond acceptors (Lipinski definition) is 3. The summed E-state index contributed by atoms with van der Waals surface area (Å²) in [5.74, 6) is -0.313. The maximum Gasteiger partial charge on any atom is 0.253 e. The second-order valence-corrected chi connectivity index (χ2v) is 7.15. The number of halogens is 1. The highest BCUT2D eigenvalue weighted by Crippen LogP contribution is 2.22. The van der Waals surface area contributed by atoms with Gasteiger partial charge in [0, 0.05) is 34.8 Å². The molecular weight excluding hydrogens is 374 g/mol. The molecule has 5 nitrogen and oxygen atoms in total. The Morgan fingerprint density at radius 2 is 1.96 bits per heavy atom. The van der Waals surface area contributed by atoms with Crippen LogP contribution >= 0.6 is 11.6 Å². The third-order valence-corrected chi connectivity index (χ3v) is 4.84. The molecule has 0 radical (unpaired) electrons. The zero-order chi connectivity index (χ0) is 20.1. The predicted molar refractivity (Wildman–Crippen MR) is 112 cm³/mol. The van der Waals surface area contributed by atoms with E-state index < -0.39 is 0 Å². The Morgan fingerprint density at radius 3 is 2.75 bits per heavy atom. The van der Waals surface area contributed by atoms with Crippen LogP contribution in [0.25, 0.3) is 10.9 Å². The van der Waals surface area contributed by atoms with Crippen molar-refractivity contribution in [2.24, 2.45) is 5.92 Å². The van der Waals surface area contributed by atoms with E-state index in [0.29, 0.717) is 28.3 Å². The molecule has 0 saturated heterocycles. The lowest BCUT2D eigenvalue weighted by Gasteiger charge is -2.12. The van der Waals surface area contributed by atoms with Crippen LogP contribution in [0.5, 0.6) is 0 Å². The van der Waals surface area contributed by atoms with E-state index in [4.69, 9.17) is 11.6 Å². The molecule has 144 valence electrons. The lowest BCUT2D eigenvalue weighted by molar-refractivity contribution is -0.119. The molecule has 0 bridgehead atoms. The van der Waals surface area contributed by atoms with Gasteiger partial charge in [-0.2, -0.15) is 0 Å². The summed E-state index contributed by atoms with van der Waals surface area (Å²) in [4.78, 5) is 29.1. The Morgan fingerprint density at radius 1 is 1.14 bits per heavy atom. The number of pyridine rings is 1. The zero-order valence-corrected chi connectivity index (χ0v) is 16.6. The van der Waals surface area contributed by atoms with Gasteiger partial charge >= 0.3 is 0 Å². The number of fused-ring (bicyclic) bond motifs is 1. The summed E-state index contributed by atoms with van der Waals surface area (Å²) in [5.41, 5.74) is 2.64. The van der Waals surface area contributed by atoms with E-state index in [1.807, 2.05) is 44.2 Å². The van der Waals surface area contributed by atoms with Gasteiger partial charge in [-0.15, -0.1) is 0 Å². The average molecular weight is 396 g/mol. The van der Waals surface area contributed by atoms with Crippen molar-refractivity contribution < 1.29 is 9.59 Å². The second-order valence-electron chi connectivity index (χ2n) is 6.71. The second kappa shape index (κ2) is 8.85. The number of rotatable bonds is 6. The van der Waals surface area contributed by atoms with Gasteiger partial charge in [-0.3, -0.25) is 14.6 Å². The van der Waals surface area contributed by atoms with Crippen molar-refractivity contribution in [2.45, 2.75) is 26.8 Å². The fourth-order valence-corrected chi connectivity index (χ4v) is 3.04.